The predicted molar refractivity (Wildman–Crippen MR) is 66.2 cm³/mol. The molecule has 0 aliphatic heterocycles. The topological polar surface area (TPSA) is 34.9 Å². The van der Waals surface area contributed by atoms with Crippen molar-refractivity contribution in [3.63, 3.8) is 0 Å². The zero-order valence-corrected chi connectivity index (χ0v) is 10.1. The number of hydrogen-bond acceptors (Lipinski definition) is 3. The van der Waals surface area contributed by atoms with Crippen molar-refractivity contribution in [2.24, 2.45) is 0 Å². The molecule has 0 fully saturated rings. The van der Waals surface area contributed by atoms with Crippen LogP contribution in [0.1, 0.15) is 30.2 Å². The molecule has 3 rings (SSSR count). The molecule has 0 aromatic carbocycles. The zero-order valence-electron chi connectivity index (χ0n) is 9.32. The van der Waals surface area contributed by atoms with Crippen LogP contribution in [0.5, 0.6) is 0 Å². The van der Waals surface area contributed by atoms with Gasteiger partial charge in [0.2, 0.25) is 0 Å². The van der Waals surface area contributed by atoms with Crippen molar-refractivity contribution in [3.05, 3.63) is 27.1 Å². The molecule has 4 heteroatoms. The second-order valence-corrected chi connectivity index (χ2v) is 5.31. The lowest BCUT2D eigenvalue weighted by molar-refractivity contribution is 0.694. The molecule has 0 saturated heterocycles. The number of thiophene rings is 1. The summed E-state index contributed by atoms with van der Waals surface area (Å²) in [5, 5.41) is 0.893. The van der Waals surface area contributed by atoms with Crippen molar-refractivity contribution in [1.82, 2.24) is 9.55 Å². The largest absolute Gasteiger partial charge is 0.299 e. The fourth-order valence-electron chi connectivity index (χ4n) is 2.41. The van der Waals surface area contributed by atoms with E-state index in [0.717, 1.165) is 23.1 Å². The summed E-state index contributed by atoms with van der Waals surface area (Å²) in [5.74, 6) is 0. The van der Waals surface area contributed by atoms with Crippen molar-refractivity contribution < 1.29 is 0 Å². The number of aromatic nitrogens is 2. The summed E-state index contributed by atoms with van der Waals surface area (Å²) in [6, 6.07) is 0. The molecule has 0 atom stereocenters. The number of rotatable bonds is 1. The summed E-state index contributed by atoms with van der Waals surface area (Å²) in [5.41, 5.74) is 1.43. The molecule has 2 heterocycles. The van der Waals surface area contributed by atoms with Crippen molar-refractivity contribution in [2.45, 2.75) is 39.2 Å². The highest BCUT2D eigenvalue weighted by Gasteiger charge is 2.19. The van der Waals surface area contributed by atoms with E-state index in [1.54, 1.807) is 22.2 Å². The van der Waals surface area contributed by atoms with Crippen molar-refractivity contribution >= 4 is 21.6 Å². The molecule has 2 aromatic heterocycles. The Labute approximate surface area is 97.7 Å². The monoisotopic (exact) mass is 234 g/mol. The molecule has 0 bridgehead atoms. The summed E-state index contributed by atoms with van der Waals surface area (Å²) >= 11 is 1.71. The summed E-state index contributed by atoms with van der Waals surface area (Å²) in [7, 11) is 0. The van der Waals surface area contributed by atoms with Crippen LogP contribution >= 0.6 is 11.3 Å². The van der Waals surface area contributed by atoms with E-state index in [4.69, 9.17) is 0 Å². The summed E-state index contributed by atoms with van der Waals surface area (Å²) in [6.45, 7) is 2.68. The maximum Gasteiger partial charge on any atom is 0.262 e. The molecule has 0 spiro atoms. The Morgan fingerprint density at radius 2 is 2.25 bits per heavy atom. The van der Waals surface area contributed by atoms with Crippen molar-refractivity contribution in [2.75, 3.05) is 0 Å². The third-order valence-corrected chi connectivity index (χ3v) is 4.48. The van der Waals surface area contributed by atoms with Crippen molar-refractivity contribution in [1.29, 1.82) is 0 Å². The maximum atomic E-state index is 12.2. The molecule has 3 nitrogen and oxygen atoms in total. The second kappa shape index (κ2) is 3.70. The first kappa shape index (κ1) is 10.0. The predicted octanol–water partition coefficient (Wildman–Crippen LogP) is 2.36. The first-order chi connectivity index (χ1) is 7.81. The van der Waals surface area contributed by atoms with Gasteiger partial charge in [0.25, 0.3) is 5.56 Å². The Balaban J connectivity index is 2.37. The number of hydrogen-bond donors (Lipinski definition) is 0. The van der Waals surface area contributed by atoms with Crippen LogP contribution in [0, 0.1) is 0 Å². The highest BCUT2D eigenvalue weighted by Crippen LogP contribution is 2.33. The van der Waals surface area contributed by atoms with E-state index < -0.39 is 0 Å². The van der Waals surface area contributed by atoms with Crippen LogP contribution in [0.2, 0.25) is 0 Å². The lowest BCUT2D eigenvalue weighted by Crippen LogP contribution is -2.20. The molecule has 0 unspecified atom stereocenters. The minimum Gasteiger partial charge on any atom is -0.299 e. The van der Waals surface area contributed by atoms with Crippen LogP contribution in [0.4, 0.5) is 0 Å². The van der Waals surface area contributed by atoms with Crippen molar-refractivity contribution in [3.8, 4) is 0 Å². The molecule has 0 saturated carbocycles. The van der Waals surface area contributed by atoms with Gasteiger partial charge in [0, 0.05) is 11.4 Å². The van der Waals surface area contributed by atoms with Crippen LogP contribution in [0.3, 0.4) is 0 Å². The number of fused-ring (bicyclic) bond motifs is 3. The Hall–Kier alpha value is -1.16. The molecule has 1 aliphatic rings. The Kier molecular flexibility index (Phi) is 2.32. The molecule has 84 valence electrons. The molecule has 16 heavy (non-hydrogen) atoms. The van der Waals surface area contributed by atoms with E-state index in [2.05, 4.69) is 4.98 Å². The van der Waals surface area contributed by atoms with E-state index in [0.29, 0.717) is 6.54 Å². The standard InChI is InChI=1S/C12H14N2OS/c1-2-14-7-13-11-10(12(14)15)8-5-3-4-6-9(8)16-11/h7H,2-6H2,1H3. The Morgan fingerprint density at radius 3 is 3.06 bits per heavy atom. The Bertz CT molecular complexity index is 597. The van der Waals surface area contributed by atoms with E-state index in [9.17, 15) is 4.79 Å². The summed E-state index contributed by atoms with van der Waals surface area (Å²) < 4.78 is 1.70. The van der Waals surface area contributed by atoms with Gasteiger partial charge in [-0.05, 0) is 38.2 Å². The van der Waals surface area contributed by atoms with Crippen LogP contribution in [-0.2, 0) is 19.4 Å². The highest BCUT2D eigenvalue weighted by atomic mass is 32.1. The van der Waals surface area contributed by atoms with Gasteiger partial charge in [-0.1, -0.05) is 0 Å². The van der Waals surface area contributed by atoms with Gasteiger partial charge in [-0.25, -0.2) is 4.98 Å². The summed E-state index contributed by atoms with van der Waals surface area (Å²) in [4.78, 5) is 18.9. The average Bonchev–Trinajstić information content (AvgIpc) is 2.68. The van der Waals surface area contributed by atoms with Gasteiger partial charge in [-0.15, -0.1) is 11.3 Å². The zero-order chi connectivity index (χ0) is 11.1. The fraction of sp³-hybridized carbons (Fsp3) is 0.500. The van der Waals surface area contributed by atoms with Gasteiger partial charge in [-0.3, -0.25) is 9.36 Å². The first-order valence-corrected chi connectivity index (χ1v) is 6.62. The minimum atomic E-state index is 0.145. The summed E-state index contributed by atoms with van der Waals surface area (Å²) in [6.07, 6.45) is 6.32. The first-order valence-electron chi connectivity index (χ1n) is 5.81. The third-order valence-electron chi connectivity index (χ3n) is 3.28. The van der Waals surface area contributed by atoms with Crippen LogP contribution < -0.4 is 5.56 Å². The SMILES string of the molecule is CCn1cnc2sc3c(c2c1=O)CCCC3. The quantitative estimate of drug-likeness (QED) is 0.759. The van der Waals surface area contributed by atoms with Crippen LogP contribution in [0.15, 0.2) is 11.1 Å². The van der Waals surface area contributed by atoms with Gasteiger partial charge >= 0.3 is 0 Å². The van der Waals surface area contributed by atoms with E-state index in [1.807, 2.05) is 6.92 Å². The lowest BCUT2D eigenvalue weighted by atomic mass is 9.97. The molecule has 0 radical (unpaired) electrons. The maximum absolute atomic E-state index is 12.2. The lowest BCUT2D eigenvalue weighted by Gasteiger charge is -2.10. The van der Waals surface area contributed by atoms with Gasteiger partial charge < -0.3 is 0 Å². The van der Waals surface area contributed by atoms with Gasteiger partial charge in [0.1, 0.15) is 4.83 Å². The van der Waals surface area contributed by atoms with E-state index >= 15 is 0 Å². The molecule has 1 aliphatic carbocycles. The third kappa shape index (κ3) is 1.33. The van der Waals surface area contributed by atoms with E-state index in [-0.39, 0.29) is 5.56 Å². The average molecular weight is 234 g/mol. The van der Waals surface area contributed by atoms with Gasteiger partial charge in [-0.2, -0.15) is 0 Å². The highest BCUT2D eigenvalue weighted by molar-refractivity contribution is 7.18. The van der Waals surface area contributed by atoms with Gasteiger partial charge in [0.05, 0.1) is 11.7 Å². The molecular weight excluding hydrogens is 220 g/mol. The van der Waals surface area contributed by atoms with Gasteiger partial charge in [0.15, 0.2) is 0 Å². The Morgan fingerprint density at radius 1 is 1.44 bits per heavy atom. The molecule has 2 aromatic rings. The number of nitrogens with zero attached hydrogens (tertiary/aromatic N) is 2. The molecular formula is C12H14N2OS. The molecule has 0 N–H and O–H groups in total. The van der Waals surface area contributed by atoms with Crippen LogP contribution in [-0.4, -0.2) is 9.55 Å². The second-order valence-electron chi connectivity index (χ2n) is 4.23. The fourth-order valence-corrected chi connectivity index (χ4v) is 3.63. The minimum absolute atomic E-state index is 0.145. The molecule has 0 amide bonds. The number of aryl methyl sites for hydroxylation is 3. The van der Waals surface area contributed by atoms with Crippen LogP contribution in [0.25, 0.3) is 10.2 Å². The van der Waals surface area contributed by atoms with E-state index in [1.165, 1.54) is 23.3 Å². The smallest absolute Gasteiger partial charge is 0.262 e. The normalized spacial score (nSPS) is 15.3.